The predicted octanol–water partition coefficient (Wildman–Crippen LogP) is 5.00. The zero-order chi connectivity index (χ0) is 26.6. The summed E-state index contributed by atoms with van der Waals surface area (Å²) in [7, 11) is 0.680. The van der Waals surface area contributed by atoms with Gasteiger partial charge in [0.05, 0.1) is 20.8 Å². The minimum Gasteiger partial charge on any atom is -0.497 e. The highest BCUT2D eigenvalue weighted by Gasteiger charge is 2.11. The van der Waals surface area contributed by atoms with Crippen molar-refractivity contribution in [2.45, 2.75) is 51.4 Å². The van der Waals surface area contributed by atoms with Crippen LogP contribution in [0.4, 0.5) is 0 Å². The van der Waals surface area contributed by atoms with Gasteiger partial charge >= 0.3 is 9.15 Å². The number of hydrogen-bond acceptors (Lipinski definition) is 8. The Morgan fingerprint density at radius 2 is 1.14 bits per heavy atom. The van der Waals surface area contributed by atoms with Gasteiger partial charge in [-0.05, 0) is 97.8 Å². The Morgan fingerprint density at radius 3 is 1.62 bits per heavy atom. The number of benzene rings is 2. The van der Waals surface area contributed by atoms with Crippen LogP contribution in [0, 0.1) is 0 Å². The molecule has 0 saturated carbocycles. The summed E-state index contributed by atoms with van der Waals surface area (Å²) < 4.78 is 39.4. The third-order valence-corrected chi connectivity index (χ3v) is 8.74. The van der Waals surface area contributed by atoms with E-state index in [9.17, 15) is 8.42 Å². The smallest absolute Gasteiger partial charge is 0.322 e. The van der Waals surface area contributed by atoms with Crippen molar-refractivity contribution in [3.05, 3.63) is 59.7 Å². The van der Waals surface area contributed by atoms with Crippen LogP contribution >= 0.6 is 10.8 Å². The van der Waals surface area contributed by atoms with Crippen molar-refractivity contribution in [1.29, 1.82) is 0 Å². The van der Waals surface area contributed by atoms with E-state index in [1.807, 2.05) is 24.3 Å². The number of unbranched alkanes of at least 4 members (excludes halogenated alkanes) is 4. The fourth-order valence-electron chi connectivity index (χ4n) is 3.81. The second-order valence-corrected chi connectivity index (χ2v) is 12.5. The van der Waals surface area contributed by atoms with Gasteiger partial charge in [0.1, 0.15) is 11.5 Å². The molecule has 0 radical (unpaired) electrons. The van der Waals surface area contributed by atoms with Crippen LogP contribution in [0.1, 0.15) is 49.7 Å². The minimum absolute atomic E-state index is 0.169. The van der Waals surface area contributed by atoms with E-state index in [2.05, 4.69) is 34.9 Å². The molecule has 208 valence electrons. The second-order valence-electron chi connectivity index (χ2n) is 8.87. The van der Waals surface area contributed by atoms with Gasteiger partial charge in [-0.25, -0.2) is 0 Å². The number of hydrogen-bond donors (Lipinski definition) is 2. The number of ether oxygens (including phenoxy) is 2. The molecule has 0 amide bonds. The fourth-order valence-corrected chi connectivity index (χ4v) is 5.87. The largest absolute Gasteiger partial charge is 0.497 e. The third-order valence-electron chi connectivity index (χ3n) is 5.97. The SMILES string of the molecule is COc1ccc(CCCCCNCCOS(=O)(=O)SCCNCCCCCc2ccc(OC)cc2)cc1. The topological polar surface area (TPSA) is 85.9 Å². The van der Waals surface area contributed by atoms with Gasteiger partial charge in [-0.15, -0.1) is 0 Å². The summed E-state index contributed by atoms with van der Waals surface area (Å²) in [4.78, 5) is 0. The van der Waals surface area contributed by atoms with E-state index in [4.69, 9.17) is 13.7 Å². The standard InChI is InChI=1S/C28H44N2O5S2/c1-33-27-15-11-25(12-16-27)9-5-3-7-19-29-21-23-35-37(31,32)36-24-22-30-20-8-4-6-10-26-13-17-28(34-2)18-14-26/h11-18,29-30H,3-10,19-24H2,1-2H3. The molecule has 2 aromatic rings. The first-order valence-corrected chi connectivity index (χ1v) is 16.1. The average Bonchev–Trinajstić information content (AvgIpc) is 2.91. The molecule has 0 bridgehead atoms. The first-order chi connectivity index (χ1) is 18.0. The van der Waals surface area contributed by atoms with Crippen LogP contribution in [0.2, 0.25) is 0 Å². The normalized spacial score (nSPS) is 11.5. The second kappa shape index (κ2) is 19.3. The molecule has 0 aliphatic heterocycles. The van der Waals surface area contributed by atoms with Gasteiger partial charge in [0.25, 0.3) is 0 Å². The van der Waals surface area contributed by atoms with Gasteiger partial charge in [0.15, 0.2) is 0 Å². The Balaban J connectivity index is 1.35. The number of aryl methyl sites for hydroxylation is 2. The summed E-state index contributed by atoms with van der Waals surface area (Å²) in [5.41, 5.74) is 2.65. The lowest BCUT2D eigenvalue weighted by Gasteiger charge is -2.08. The van der Waals surface area contributed by atoms with E-state index in [1.165, 1.54) is 11.1 Å². The number of methoxy groups -OCH3 is 2. The molecule has 0 aromatic heterocycles. The maximum absolute atomic E-state index is 12.0. The van der Waals surface area contributed by atoms with Crippen LogP contribution < -0.4 is 20.1 Å². The maximum Gasteiger partial charge on any atom is 0.322 e. The van der Waals surface area contributed by atoms with E-state index in [-0.39, 0.29) is 6.61 Å². The zero-order valence-corrected chi connectivity index (χ0v) is 24.0. The van der Waals surface area contributed by atoms with Crippen molar-refractivity contribution in [2.24, 2.45) is 0 Å². The molecule has 0 unspecified atom stereocenters. The van der Waals surface area contributed by atoms with Gasteiger partial charge < -0.3 is 20.1 Å². The molecule has 0 heterocycles. The molecular formula is C28H44N2O5S2. The van der Waals surface area contributed by atoms with Crippen LogP contribution in [0.3, 0.4) is 0 Å². The van der Waals surface area contributed by atoms with Gasteiger partial charge in [0.2, 0.25) is 0 Å². The van der Waals surface area contributed by atoms with E-state index < -0.39 is 9.15 Å². The highest BCUT2D eigenvalue weighted by Crippen LogP contribution is 2.15. The number of nitrogens with one attached hydrogen (secondary N) is 2. The Morgan fingerprint density at radius 1 is 0.649 bits per heavy atom. The summed E-state index contributed by atoms with van der Waals surface area (Å²) in [6.07, 6.45) is 8.81. The molecule has 0 saturated heterocycles. The number of rotatable bonds is 22. The predicted molar refractivity (Wildman–Crippen MR) is 154 cm³/mol. The monoisotopic (exact) mass is 552 g/mol. The first-order valence-electron chi connectivity index (χ1n) is 13.2. The Labute approximate surface area is 227 Å². The van der Waals surface area contributed by atoms with Crippen LogP contribution in [0.25, 0.3) is 0 Å². The van der Waals surface area contributed by atoms with E-state index in [0.29, 0.717) is 18.8 Å². The lowest BCUT2D eigenvalue weighted by atomic mass is 10.1. The molecule has 9 heteroatoms. The summed E-state index contributed by atoms with van der Waals surface area (Å²) in [5.74, 6) is 2.25. The summed E-state index contributed by atoms with van der Waals surface area (Å²) >= 11 is 0. The van der Waals surface area contributed by atoms with Crippen molar-refractivity contribution in [2.75, 3.05) is 52.8 Å². The maximum atomic E-state index is 12.0. The molecule has 2 rings (SSSR count). The van der Waals surface area contributed by atoms with Crippen LogP contribution in [-0.2, 0) is 26.2 Å². The van der Waals surface area contributed by atoms with Crippen LogP contribution in [0.15, 0.2) is 48.5 Å². The van der Waals surface area contributed by atoms with Gasteiger partial charge in [-0.2, -0.15) is 8.42 Å². The fraction of sp³-hybridized carbons (Fsp3) is 0.571. The molecule has 37 heavy (non-hydrogen) atoms. The summed E-state index contributed by atoms with van der Waals surface area (Å²) in [6, 6.07) is 16.4. The van der Waals surface area contributed by atoms with Crippen molar-refractivity contribution < 1.29 is 22.1 Å². The molecule has 7 nitrogen and oxygen atoms in total. The lowest BCUT2D eigenvalue weighted by molar-refractivity contribution is 0.325. The average molecular weight is 553 g/mol. The van der Waals surface area contributed by atoms with Crippen LogP contribution in [0.5, 0.6) is 11.5 Å². The van der Waals surface area contributed by atoms with Gasteiger partial charge in [-0.1, -0.05) is 37.1 Å². The molecule has 2 aromatic carbocycles. The Bertz CT molecular complexity index is 867. The first kappa shape index (κ1) is 31.4. The highest BCUT2D eigenvalue weighted by atomic mass is 33.1. The summed E-state index contributed by atoms with van der Waals surface area (Å²) in [5, 5.41) is 6.57. The zero-order valence-electron chi connectivity index (χ0n) is 22.4. The Kier molecular flexibility index (Phi) is 16.4. The van der Waals surface area contributed by atoms with Crippen molar-refractivity contribution in [1.82, 2.24) is 10.6 Å². The molecule has 2 N–H and O–H groups in total. The molecule has 0 aliphatic rings. The molecular weight excluding hydrogens is 508 g/mol. The quantitative estimate of drug-likeness (QED) is 0.156. The van der Waals surface area contributed by atoms with Crippen molar-refractivity contribution in [3.63, 3.8) is 0 Å². The van der Waals surface area contributed by atoms with Crippen LogP contribution in [-0.4, -0.2) is 61.2 Å². The highest BCUT2D eigenvalue weighted by molar-refractivity contribution is 8.70. The van der Waals surface area contributed by atoms with Crippen molar-refractivity contribution >= 4 is 19.9 Å². The van der Waals surface area contributed by atoms with Crippen molar-refractivity contribution in [3.8, 4) is 11.5 Å². The molecule has 0 spiro atoms. The summed E-state index contributed by atoms with van der Waals surface area (Å²) in [6.45, 7) is 3.12. The Hall–Kier alpha value is -1.78. The minimum atomic E-state index is -3.54. The van der Waals surface area contributed by atoms with Gasteiger partial charge in [0, 0.05) is 18.8 Å². The van der Waals surface area contributed by atoms with Gasteiger partial charge in [-0.3, -0.25) is 4.18 Å². The third kappa shape index (κ3) is 15.3. The van der Waals surface area contributed by atoms with E-state index >= 15 is 0 Å². The lowest BCUT2D eigenvalue weighted by Crippen LogP contribution is -2.22. The van der Waals surface area contributed by atoms with E-state index in [1.54, 1.807) is 14.2 Å². The molecule has 0 atom stereocenters. The molecule has 0 aliphatic carbocycles. The van der Waals surface area contributed by atoms with E-state index in [0.717, 1.165) is 86.7 Å². The molecule has 0 fully saturated rings.